The third-order valence-electron chi connectivity index (χ3n) is 6.03. The molecule has 0 saturated carbocycles. The van der Waals surface area contributed by atoms with Crippen LogP contribution in [0, 0.1) is 5.82 Å². The maximum Gasteiger partial charge on any atom is 0.270 e. The standard InChI is InChI=1S/C21H26FN3O2/c1-3-14-10-16(15-6-4-7-25(12-15)13(2)26)19(22)20-17(14)11-18(23-20)21(27)24-8-5-9-24/h10-11,15,23H,3-9,12H2,1-2H3. The molecule has 1 aromatic carbocycles. The van der Waals surface area contributed by atoms with Gasteiger partial charge in [-0.25, -0.2) is 4.39 Å². The van der Waals surface area contributed by atoms with Crippen LogP contribution in [0.15, 0.2) is 12.1 Å². The summed E-state index contributed by atoms with van der Waals surface area (Å²) in [6.07, 6.45) is 3.55. The van der Waals surface area contributed by atoms with E-state index in [0.717, 1.165) is 56.3 Å². The van der Waals surface area contributed by atoms with E-state index >= 15 is 4.39 Å². The quantitative estimate of drug-likeness (QED) is 0.899. The summed E-state index contributed by atoms with van der Waals surface area (Å²) in [5.41, 5.74) is 2.59. The fourth-order valence-electron chi connectivity index (χ4n) is 4.27. The number of hydrogen-bond acceptors (Lipinski definition) is 2. The summed E-state index contributed by atoms with van der Waals surface area (Å²) in [4.78, 5) is 30.9. The highest BCUT2D eigenvalue weighted by Gasteiger charge is 2.28. The van der Waals surface area contributed by atoms with Gasteiger partial charge in [-0.2, -0.15) is 0 Å². The smallest absolute Gasteiger partial charge is 0.270 e. The maximum absolute atomic E-state index is 15.4. The van der Waals surface area contributed by atoms with E-state index in [-0.39, 0.29) is 23.5 Å². The van der Waals surface area contributed by atoms with E-state index in [4.69, 9.17) is 0 Å². The van der Waals surface area contributed by atoms with Crippen LogP contribution in [0.5, 0.6) is 0 Å². The van der Waals surface area contributed by atoms with Gasteiger partial charge in [0.05, 0.1) is 5.52 Å². The van der Waals surface area contributed by atoms with Crippen molar-refractivity contribution in [3.63, 3.8) is 0 Å². The molecule has 2 aliphatic rings. The Balaban J connectivity index is 1.74. The monoisotopic (exact) mass is 371 g/mol. The number of aromatic amines is 1. The van der Waals surface area contributed by atoms with E-state index in [9.17, 15) is 9.59 Å². The second-order valence-corrected chi connectivity index (χ2v) is 7.71. The van der Waals surface area contributed by atoms with Gasteiger partial charge >= 0.3 is 0 Å². The van der Waals surface area contributed by atoms with Crippen LogP contribution in [-0.2, 0) is 11.2 Å². The van der Waals surface area contributed by atoms with E-state index < -0.39 is 0 Å². The van der Waals surface area contributed by atoms with E-state index in [1.807, 2.05) is 13.0 Å². The molecule has 4 rings (SSSR count). The van der Waals surface area contributed by atoms with Crippen molar-refractivity contribution in [3.8, 4) is 0 Å². The first-order valence-corrected chi connectivity index (χ1v) is 9.88. The fraction of sp³-hybridized carbons (Fsp3) is 0.524. The van der Waals surface area contributed by atoms with Crippen LogP contribution >= 0.6 is 0 Å². The van der Waals surface area contributed by atoms with Gasteiger partial charge in [0.2, 0.25) is 5.91 Å². The van der Waals surface area contributed by atoms with E-state index in [0.29, 0.717) is 23.3 Å². The van der Waals surface area contributed by atoms with Crippen molar-refractivity contribution >= 4 is 22.7 Å². The number of rotatable bonds is 3. The summed E-state index contributed by atoms with van der Waals surface area (Å²) >= 11 is 0. The normalized spacial score (nSPS) is 20.0. The molecule has 2 saturated heterocycles. The van der Waals surface area contributed by atoms with Gasteiger partial charge in [-0.3, -0.25) is 9.59 Å². The number of carbonyl (C=O) groups excluding carboxylic acids is 2. The largest absolute Gasteiger partial charge is 0.348 e. The minimum Gasteiger partial charge on any atom is -0.348 e. The van der Waals surface area contributed by atoms with Gasteiger partial charge in [0, 0.05) is 44.4 Å². The molecule has 5 nitrogen and oxygen atoms in total. The topological polar surface area (TPSA) is 56.4 Å². The van der Waals surface area contributed by atoms with Gasteiger partial charge in [-0.05, 0) is 42.9 Å². The van der Waals surface area contributed by atoms with Gasteiger partial charge in [0.1, 0.15) is 5.69 Å². The van der Waals surface area contributed by atoms with Gasteiger partial charge in [0.25, 0.3) is 5.91 Å². The zero-order valence-corrected chi connectivity index (χ0v) is 16.0. The molecule has 0 spiro atoms. The van der Waals surface area contributed by atoms with Crippen LogP contribution in [0.25, 0.3) is 10.9 Å². The molecule has 0 bridgehead atoms. The molecule has 3 heterocycles. The number of nitrogens with one attached hydrogen (secondary N) is 1. The first-order valence-electron chi connectivity index (χ1n) is 9.88. The predicted octanol–water partition coefficient (Wildman–Crippen LogP) is 3.44. The van der Waals surface area contributed by atoms with Crippen molar-refractivity contribution in [1.82, 2.24) is 14.8 Å². The van der Waals surface area contributed by atoms with Gasteiger partial charge in [-0.1, -0.05) is 13.0 Å². The van der Waals surface area contributed by atoms with E-state index in [1.165, 1.54) is 0 Å². The zero-order valence-electron chi connectivity index (χ0n) is 16.0. The van der Waals surface area contributed by atoms with Gasteiger partial charge in [0.15, 0.2) is 5.82 Å². The molecule has 1 N–H and O–H groups in total. The molecule has 2 aromatic rings. The van der Waals surface area contributed by atoms with E-state index in [2.05, 4.69) is 4.98 Å². The number of halogens is 1. The Morgan fingerprint density at radius 2 is 1.93 bits per heavy atom. The third-order valence-corrected chi connectivity index (χ3v) is 6.03. The van der Waals surface area contributed by atoms with Gasteiger partial charge in [-0.15, -0.1) is 0 Å². The number of aromatic nitrogens is 1. The summed E-state index contributed by atoms with van der Waals surface area (Å²) in [6, 6.07) is 3.74. The average molecular weight is 371 g/mol. The second kappa shape index (κ2) is 6.98. The minimum absolute atomic E-state index is 0.00446. The number of hydrogen-bond donors (Lipinski definition) is 1. The lowest BCUT2D eigenvalue weighted by molar-refractivity contribution is -0.130. The van der Waals surface area contributed by atoms with Crippen molar-refractivity contribution in [3.05, 3.63) is 34.8 Å². The number of amides is 2. The average Bonchev–Trinajstić information content (AvgIpc) is 3.07. The number of piperidine rings is 1. The highest BCUT2D eigenvalue weighted by Crippen LogP contribution is 2.35. The fourth-order valence-corrected chi connectivity index (χ4v) is 4.27. The lowest BCUT2D eigenvalue weighted by Gasteiger charge is -2.32. The van der Waals surface area contributed by atoms with Crippen molar-refractivity contribution in [2.24, 2.45) is 0 Å². The lowest BCUT2D eigenvalue weighted by Crippen LogP contribution is -2.42. The van der Waals surface area contributed by atoms with Crippen molar-refractivity contribution in [1.29, 1.82) is 0 Å². The van der Waals surface area contributed by atoms with Crippen LogP contribution in [0.2, 0.25) is 0 Å². The van der Waals surface area contributed by atoms with Crippen LogP contribution in [0.4, 0.5) is 4.39 Å². The number of H-pyrrole nitrogens is 1. The Labute approximate surface area is 158 Å². The first kappa shape index (κ1) is 18.0. The summed E-state index contributed by atoms with van der Waals surface area (Å²) in [6.45, 7) is 6.45. The highest BCUT2D eigenvalue weighted by molar-refractivity contribution is 5.99. The molecular formula is C21H26FN3O2. The Morgan fingerprint density at radius 3 is 2.56 bits per heavy atom. The molecule has 0 aliphatic carbocycles. The van der Waals surface area contributed by atoms with Gasteiger partial charge < -0.3 is 14.8 Å². The Hall–Kier alpha value is -2.37. The molecule has 2 fully saturated rings. The number of aryl methyl sites for hydroxylation is 1. The number of nitrogens with zero attached hydrogens (tertiary/aromatic N) is 2. The molecule has 1 aromatic heterocycles. The third kappa shape index (κ3) is 3.11. The number of benzene rings is 1. The minimum atomic E-state index is -0.278. The molecule has 144 valence electrons. The van der Waals surface area contributed by atoms with Crippen LogP contribution in [0.1, 0.15) is 60.6 Å². The summed E-state index contributed by atoms with van der Waals surface area (Å²) in [5, 5.41) is 0.793. The molecule has 0 radical (unpaired) electrons. The number of carbonyl (C=O) groups is 2. The molecule has 2 amide bonds. The van der Waals surface area contributed by atoms with Crippen LogP contribution in [-0.4, -0.2) is 52.8 Å². The molecule has 27 heavy (non-hydrogen) atoms. The molecule has 1 atom stereocenters. The molecular weight excluding hydrogens is 345 g/mol. The maximum atomic E-state index is 15.4. The Bertz CT molecular complexity index is 900. The summed E-state index contributed by atoms with van der Waals surface area (Å²) < 4.78 is 15.4. The molecule has 1 unspecified atom stereocenters. The summed E-state index contributed by atoms with van der Waals surface area (Å²) in [5.74, 6) is -0.296. The summed E-state index contributed by atoms with van der Waals surface area (Å²) in [7, 11) is 0. The highest BCUT2D eigenvalue weighted by atomic mass is 19.1. The Kier molecular flexibility index (Phi) is 4.66. The van der Waals surface area contributed by atoms with Crippen LogP contribution in [0.3, 0.4) is 0 Å². The van der Waals surface area contributed by atoms with Crippen LogP contribution < -0.4 is 0 Å². The zero-order chi connectivity index (χ0) is 19.1. The predicted molar refractivity (Wildman–Crippen MR) is 102 cm³/mol. The SMILES string of the molecule is CCc1cc(C2CCCN(C(C)=O)C2)c(F)c2[nH]c(C(=O)N3CCC3)cc12. The molecule has 6 heteroatoms. The second-order valence-electron chi connectivity index (χ2n) is 7.71. The lowest BCUT2D eigenvalue weighted by atomic mass is 9.88. The molecule has 2 aliphatic heterocycles. The van der Waals surface area contributed by atoms with E-state index in [1.54, 1.807) is 22.8 Å². The first-order chi connectivity index (χ1) is 13.0. The number of fused-ring (bicyclic) bond motifs is 1. The van der Waals surface area contributed by atoms with Crippen molar-refractivity contribution in [2.75, 3.05) is 26.2 Å². The number of likely N-dealkylation sites (tertiary alicyclic amines) is 2. The van der Waals surface area contributed by atoms with Crippen molar-refractivity contribution in [2.45, 2.75) is 45.4 Å². The Morgan fingerprint density at radius 1 is 1.19 bits per heavy atom. The van der Waals surface area contributed by atoms with Crippen molar-refractivity contribution < 1.29 is 14.0 Å².